The van der Waals surface area contributed by atoms with Crippen molar-refractivity contribution < 1.29 is 26.3 Å². The number of rotatable bonds is 2. The summed E-state index contributed by atoms with van der Waals surface area (Å²) in [6.45, 7) is 1.77. The molecule has 0 atom stereocenters. The summed E-state index contributed by atoms with van der Waals surface area (Å²) in [4.78, 5) is 3.19. The zero-order chi connectivity index (χ0) is 19.2. The summed E-state index contributed by atoms with van der Waals surface area (Å²) in [5.74, 6) is 0. The third-order valence-electron chi connectivity index (χ3n) is 4.17. The molecule has 1 heterocycles. The molecule has 0 N–H and O–H groups in total. The molecule has 1 nitrogen and oxygen atoms in total. The van der Waals surface area contributed by atoms with Crippen LogP contribution in [0.2, 0.25) is 0 Å². The Morgan fingerprint density at radius 3 is 1.77 bits per heavy atom. The van der Waals surface area contributed by atoms with Crippen molar-refractivity contribution in [2.75, 3.05) is 0 Å². The normalized spacial score (nSPS) is 17.0. The van der Waals surface area contributed by atoms with Crippen LogP contribution in [-0.4, -0.2) is 23.6 Å². The largest absolute Gasteiger partial charge is 0.426 e. The van der Waals surface area contributed by atoms with E-state index in [1.807, 2.05) is 0 Å². The minimum absolute atomic E-state index is 0.178. The molecule has 0 spiro atoms. The van der Waals surface area contributed by atoms with E-state index in [0.29, 0.717) is 0 Å². The molecule has 0 aromatic heterocycles. The van der Waals surface area contributed by atoms with Gasteiger partial charge in [0.1, 0.15) is 0 Å². The molecule has 1 aliphatic rings. The molecule has 0 saturated carbocycles. The number of allylic oxidation sites excluding steroid dienone is 1. The van der Waals surface area contributed by atoms with Gasteiger partial charge in [0.05, 0.1) is 5.71 Å². The SMILES string of the molecule is Cc1ccc(C2=NC(C(F)(F)F)(C(F)(F)F)C=C2c2ccccc2)cc1. The zero-order valence-electron chi connectivity index (χ0n) is 13.5. The van der Waals surface area contributed by atoms with E-state index < -0.39 is 17.9 Å². The molecule has 0 radical (unpaired) electrons. The summed E-state index contributed by atoms with van der Waals surface area (Å²) in [5.41, 5.74) is -3.51. The van der Waals surface area contributed by atoms with Crippen molar-refractivity contribution in [3.05, 3.63) is 77.4 Å². The van der Waals surface area contributed by atoms with E-state index >= 15 is 0 Å². The fraction of sp³-hybridized carbons (Fsp3) is 0.211. The highest BCUT2D eigenvalue weighted by Crippen LogP contribution is 2.51. The summed E-state index contributed by atoms with van der Waals surface area (Å²) < 4.78 is 80.9. The van der Waals surface area contributed by atoms with Gasteiger partial charge in [-0.05, 0) is 18.6 Å². The first-order valence-corrected chi connectivity index (χ1v) is 7.64. The van der Waals surface area contributed by atoms with Crippen LogP contribution in [0.5, 0.6) is 0 Å². The number of benzene rings is 2. The van der Waals surface area contributed by atoms with Gasteiger partial charge in [-0.25, -0.2) is 0 Å². The molecule has 1 aliphatic heterocycles. The standard InChI is InChI=1S/C19H13F6N/c1-12-7-9-14(10-8-12)16-15(13-5-3-2-4-6-13)11-17(26-16,18(20,21)22)19(23,24)25/h2-11H,1H3. The molecule has 3 rings (SSSR count). The predicted octanol–water partition coefficient (Wildman–Crippen LogP) is 5.74. The molecule has 7 heteroatoms. The van der Waals surface area contributed by atoms with Crippen LogP contribution in [0, 0.1) is 6.92 Å². The topological polar surface area (TPSA) is 12.4 Å². The molecule has 26 heavy (non-hydrogen) atoms. The average molecular weight is 369 g/mol. The van der Waals surface area contributed by atoms with Crippen LogP contribution in [-0.2, 0) is 0 Å². The molecule has 136 valence electrons. The molecule has 0 amide bonds. The van der Waals surface area contributed by atoms with Gasteiger partial charge in [0.2, 0.25) is 0 Å². The number of hydrogen-bond donors (Lipinski definition) is 0. The van der Waals surface area contributed by atoms with Crippen LogP contribution in [0.3, 0.4) is 0 Å². The van der Waals surface area contributed by atoms with Crippen molar-refractivity contribution >= 4 is 11.3 Å². The lowest BCUT2D eigenvalue weighted by Crippen LogP contribution is -2.53. The summed E-state index contributed by atoms with van der Waals surface area (Å²) in [6.07, 6.45) is -11.0. The highest BCUT2D eigenvalue weighted by atomic mass is 19.4. The van der Waals surface area contributed by atoms with Crippen LogP contribution in [0.1, 0.15) is 16.7 Å². The Balaban J connectivity index is 2.28. The predicted molar refractivity (Wildman–Crippen MR) is 87.0 cm³/mol. The fourth-order valence-corrected chi connectivity index (χ4v) is 2.77. The summed E-state index contributed by atoms with van der Waals surface area (Å²) >= 11 is 0. The van der Waals surface area contributed by atoms with Crippen molar-refractivity contribution in [1.82, 2.24) is 0 Å². The molecule has 0 aliphatic carbocycles. The average Bonchev–Trinajstić information content (AvgIpc) is 2.98. The van der Waals surface area contributed by atoms with E-state index in [-0.39, 0.29) is 28.5 Å². The van der Waals surface area contributed by atoms with Crippen LogP contribution >= 0.6 is 0 Å². The van der Waals surface area contributed by atoms with Crippen molar-refractivity contribution in [1.29, 1.82) is 0 Å². The third-order valence-corrected chi connectivity index (χ3v) is 4.17. The van der Waals surface area contributed by atoms with E-state index in [1.54, 1.807) is 37.3 Å². The first kappa shape index (κ1) is 18.2. The first-order valence-electron chi connectivity index (χ1n) is 7.64. The Morgan fingerprint density at radius 1 is 0.731 bits per heavy atom. The molecule has 2 aromatic rings. The van der Waals surface area contributed by atoms with Gasteiger partial charge < -0.3 is 0 Å². The van der Waals surface area contributed by atoms with E-state index in [0.717, 1.165) is 5.56 Å². The van der Waals surface area contributed by atoms with Gasteiger partial charge in [0.15, 0.2) is 0 Å². The quantitative estimate of drug-likeness (QED) is 0.598. The van der Waals surface area contributed by atoms with E-state index in [4.69, 9.17) is 0 Å². The van der Waals surface area contributed by atoms with Gasteiger partial charge in [-0.15, -0.1) is 0 Å². The Bertz CT molecular complexity index is 844. The molecule has 0 fully saturated rings. The molecular weight excluding hydrogens is 356 g/mol. The Kier molecular flexibility index (Phi) is 4.21. The van der Waals surface area contributed by atoms with Crippen LogP contribution < -0.4 is 0 Å². The summed E-state index contributed by atoms with van der Waals surface area (Å²) in [6, 6.07) is 13.8. The van der Waals surface area contributed by atoms with E-state index in [1.165, 1.54) is 24.3 Å². The molecule has 0 saturated heterocycles. The minimum atomic E-state index is -5.61. The monoisotopic (exact) mass is 369 g/mol. The molecule has 2 aromatic carbocycles. The molecule has 0 bridgehead atoms. The molecule has 0 unspecified atom stereocenters. The van der Waals surface area contributed by atoms with Crippen molar-refractivity contribution in [3.63, 3.8) is 0 Å². The second kappa shape index (κ2) is 6.00. The van der Waals surface area contributed by atoms with Crippen molar-refractivity contribution in [3.8, 4) is 0 Å². The Labute approximate surface area is 145 Å². The number of alkyl halides is 6. The number of halogens is 6. The second-order valence-corrected chi connectivity index (χ2v) is 6.01. The van der Waals surface area contributed by atoms with Crippen molar-refractivity contribution in [2.24, 2.45) is 4.99 Å². The van der Waals surface area contributed by atoms with Gasteiger partial charge in [-0.3, -0.25) is 4.99 Å². The summed E-state index contributed by atoms with van der Waals surface area (Å²) in [5, 5.41) is 0. The van der Waals surface area contributed by atoms with E-state index in [2.05, 4.69) is 4.99 Å². The zero-order valence-corrected chi connectivity index (χ0v) is 13.5. The summed E-state index contributed by atoms with van der Waals surface area (Å²) in [7, 11) is 0. The van der Waals surface area contributed by atoms with Crippen LogP contribution in [0.15, 0.2) is 65.7 Å². The lowest BCUT2D eigenvalue weighted by Gasteiger charge is -2.29. The van der Waals surface area contributed by atoms with Crippen LogP contribution in [0.25, 0.3) is 5.57 Å². The highest BCUT2D eigenvalue weighted by Gasteiger charge is 2.72. The van der Waals surface area contributed by atoms with Gasteiger partial charge in [-0.1, -0.05) is 60.2 Å². The molecular formula is C19H13F6N. The van der Waals surface area contributed by atoms with Gasteiger partial charge >= 0.3 is 12.4 Å². The number of nitrogens with zero attached hydrogens (tertiary/aromatic N) is 1. The maximum atomic E-state index is 13.5. The third kappa shape index (κ3) is 2.91. The van der Waals surface area contributed by atoms with E-state index in [9.17, 15) is 26.3 Å². The lowest BCUT2D eigenvalue weighted by molar-refractivity contribution is -0.277. The van der Waals surface area contributed by atoms with Gasteiger partial charge in [-0.2, -0.15) is 26.3 Å². The van der Waals surface area contributed by atoms with Crippen molar-refractivity contribution in [2.45, 2.75) is 24.8 Å². The highest BCUT2D eigenvalue weighted by molar-refractivity contribution is 6.33. The maximum Gasteiger partial charge on any atom is 0.426 e. The smallest absolute Gasteiger partial charge is 0.255 e. The number of aryl methyl sites for hydroxylation is 1. The Hall–Kier alpha value is -2.57. The lowest BCUT2D eigenvalue weighted by atomic mass is 9.93. The fourth-order valence-electron chi connectivity index (χ4n) is 2.77. The number of aliphatic imine (C=N–C) groups is 1. The van der Waals surface area contributed by atoms with Gasteiger partial charge in [0, 0.05) is 11.1 Å². The maximum absolute atomic E-state index is 13.5. The number of hydrogen-bond acceptors (Lipinski definition) is 1. The first-order chi connectivity index (χ1) is 12.1. The second-order valence-electron chi connectivity index (χ2n) is 6.01. The Morgan fingerprint density at radius 2 is 1.27 bits per heavy atom. The van der Waals surface area contributed by atoms with Crippen LogP contribution in [0.4, 0.5) is 26.3 Å². The van der Waals surface area contributed by atoms with Gasteiger partial charge in [0.25, 0.3) is 5.54 Å². The minimum Gasteiger partial charge on any atom is -0.255 e.